The van der Waals surface area contributed by atoms with E-state index in [1.165, 1.54) is 53.1 Å². The summed E-state index contributed by atoms with van der Waals surface area (Å²) in [4.78, 5) is 25.0. The number of nitrogens with one attached hydrogen (secondary N) is 1. The van der Waals surface area contributed by atoms with E-state index in [1.807, 2.05) is 13.8 Å². The van der Waals surface area contributed by atoms with Gasteiger partial charge in [0.05, 0.1) is 13.2 Å². The number of halogens is 3. The molecule has 2 amide bonds. The van der Waals surface area contributed by atoms with Gasteiger partial charge in [0, 0.05) is 37.2 Å². The molecule has 0 aromatic heterocycles. The van der Waals surface area contributed by atoms with Gasteiger partial charge in [-0.05, 0) is 48.3 Å². The zero-order valence-electron chi connectivity index (χ0n) is 20.4. The van der Waals surface area contributed by atoms with Gasteiger partial charge < -0.3 is 19.1 Å². The van der Waals surface area contributed by atoms with Gasteiger partial charge in [-0.2, -0.15) is 0 Å². The minimum Gasteiger partial charge on any atom is -0.451 e. The lowest BCUT2D eigenvalue weighted by Crippen LogP contribution is -2.38. The van der Waals surface area contributed by atoms with Crippen LogP contribution in [0.1, 0.15) is 13.8 Å². The van der Waals surface area contributed by atoms with E-state index in [0.29, 0.717) is 5.02 Å². The van der Waals surface area contributed by atoms with Crippen molar-refractivity contribution in [3.05, 3.63) is 53.1 Å². The van der Waals surface area contributed by atoms with Crippen LogP contribution in [0.5, 0.6) is 11.5 Å². The Morgan fingerprint density at radius 2 is 1.69 bits per heavy atom. The van der Waals surface area contributed by atoms with Gasteiger partial charge in [0.25, 0.3) is 5.91 Å². The van der Waals surface area contributed by atoms with Gasteiger partial charge in [-0.3, -0.25) is 10.0 Å². The molecule has 0 radical (unpaired) electrons. The van der Waals surface area contributed by atoms with E-state index in [2.05, 4.69) is 0 Å². The molecular weight excluding hydrogens is 520 g/mol. The van der Waals surface area contributed by atoms with Crippen LogP contribution in [0, 0.1) is 11.6 Å². The van der Waals surface area contributed by atoms with Crippen LogP contribution >= 0.6 is 23.5 Å². The Hall–Kier alpha value is -2.64. The summed E-state index contributed by atoms with van der Waals surface area (Å²) in [5.41, 5.74) is 1.50. The average Bonchev–Trinajstić information content (AvgIpc) is 2.86. The molecule has 9 nitrogen and oxygen atoms in total. The quantitative estimate of drug-likeness (QED) is 0.166. The number of hydrogen-bond acceptors (Lipinski definition) is 8. The smallest absolute Gasteiger partial charge is 0.409 e. The highest BCUT2D eigenvalue weighted by molar-refractivity contribution is 7.97. The van der Waals surface area contributed by atoms with Gasteiger partial charge in [-0.1, -0.05) is 25.4 Å². The molecule has 0 spiro atoms. The maximum Gasteiger partial charge on any atom is 0.409 e. The van der Waals surface area contributed by atoms with E-state index >= 15 is 0 Å². The fourth-order valence-electron chi connectivity index (χ4n) is 2.48. The number of likely N-dealkylation sites (N-methyl/N-ethyl adjacent to an activating group) is 1. The van der Waals surface area contributed by atoms with Crippen LogP contribution < -0.4 is 10.2 Å². The number of carbonyl (C=O) groups excluding carboxylic acids is 2. The van der Waals surface area contributed by atoms with Crippen molar-refractivity contribution in [2.24, 2.45) is 0 Å². The number of rotatable bonds is 12. The maximum atomic E-state index is 14.6. The first-order valence-corrected chi connectivity index (χ1v) is 12.0. The molecule has 2 rings (SSSR count). The Balaban J connectivity index is 0.00000316. The van der Waals surface area contributed by atoms with Crippen molar-refractivity contribution < 1.29 is 37.8 Å². The summed E-state index contributed by atoms with van der Waals surface area (Å²) < 4.78 is 45.7. The Morgan fingerprint density at radius 3 is 2.25 bits per heavy atom. The van der Waals surface area contributed by atoms with Crippen molar-refractivity contribution in [1.29, 1.82) is 0 Å². The number of amides is 2. The Bertz CT molecular complexity index is 948. The maximum absolute atomic E-state index is 14.6. The summed E-state index contributed by atoms with van der Waals surface area (Å²) in [6.45, 7) is 4.24. The molecule has 0 aliphatic heterocycles. The van der Waals surface area contributed by atoms with Crippen LogP contribution in [0.15, 0.2) is 41.3 Å². The fourth-order valence-corrected chi connectivity index (χ4v) is 3.58. The molecule has 0 unspecified atom stereocenters. The Labute approximate surface area is 218 Å². The van der Waals surface area contributed by atoms with E-state index in [4.69, 9.17) is 31.0 Å². The van der Waals surface area contributed by atoms with Gasteiger partial charge in [-0.15, -0.1) is 0 Å². The number of hydrogen-bond donors (Lipinski definition) is 2. The molecule has 2 aromatic rings. The number of nitrogens with zero attached hydrogens (tertiary/aromatic N) is 2. The largest absolute Gasteiger partial charge is 0.451 e. The first-order valence-electron chi connectivity index (χ1n) is 10.9. The van der Waals surface area contributed by atoms with Gasteiger partial charge in [0.15, 0.2) is 17.4 Å². The molecular formula is C23H30ClF2N3O6S. The van der Waals surface area contributed by atoms with Crippen molar-refractivity contribution in [2.75, 3.05) is 47.0 Å². The Morgan fingerprint density at radius 1 is 1.08 bits per heavy atom. The van der Waals surface area contributed by atoms with Gasteiger partial charge in [0.1, 0.15) is 12.4 Å². The van der Waals surface area contributed by atoms with Gasteiger partial charge in [-0.25, -0.2) is 23.4 Å². The van der Waals surface area contributed by atoms with Crippen LogP contribution in [0.4, 0.5) is 13.6 Å². The van der Waals surface area contributed by atoms with Gasteiger partial charge >= 0.3 is 6.09 Å². The highest BCUT2D eigenvalue weighted by Gasteiger charge is 2.19. The second-order valence-electron chi connectivity index (χ2n) is 6.79. The molecule has 0 fully saturated rings. The molecule has 0 aliphatic carbocycles. The first kappa shape index (κ1) is 31.4. The van der Waals surface area contributed by atoms with Gasteiger partial charge in [0.2, 0.25) is 0 Å². The van der Waals surface area contributed by atoms with Crippen molar-refractivity contribution in [3.8, 4) is 11.5 Å². The average molecular weight is 550 g/mol. The second kappa shape index (κ2) is 16.9. The zero-order valence-corrected chi connectivity index (χ0v) is 22.0. The number of hydroxylamine groups is 1. The highest BCUT2D eigenvalue weighted by Crippen LogP contribution is 2.33. The van der Waals surface area contributed by atoms with Crippen LogP contribution in [0.3, 0.4) is 0 Å². The molecule has 200 valence electrons. The van der Waals surface area contributed by atoms with Crippen LogP contribution in [0.2, 0.25) is 5.02 Å². The second-order valence-corrected chi connectivity index (χ2v) is 8.40. The molecule has 0 saturated carbocycles. The molecule has 2 aromatic carbocycles. The van der Waals surface area contributed by atoms with E-state index in [0.717, 1.165) is 24.1 Å². The predicted octanol–water partition coefficient (Wildman–Crippen LogP) is 4.97. The molecule has 0 saturated heterocycles. The molecule has 2 N–H and O–H groups in total. The summed E-state index contributed by atoms with van der Waals surface area (Å²) in [7, 11) is 2.97. The summed E-state index contributed by atoms with van der Waals surface area (Å²) in [6.07, 6.45) is -0.602. The lowest BCUT2D eigenvalue weighted by Gasteiger charge is -2.24. The molecule has 0 heterocycles. The van der Waals surface area contributed by atoms with E-state index in [1.54, 1.807) is 0 Å². The summed E-state index contributed by atoms with van der Waals surface area (Å²) in [6, 6.07) is 8.07. The summed E-state index contributed by atoms with van der Waals surface area (Å²) in [5.74, 6) is -3.05. The first-order chi connectivity index (χ1) is 17.2. The van der Waals surface area contributed by atoms with E-state index < -0.39 is 29.4 Å². The lowest BCUT2D eigenvalue weighted by molar-refractivity contribution is -0.129. The third-order valence-corrected chi connectivity index (χ3v) is 5.46. The van der Waals surface area contributed by atoms with E-state index in [9.17, 15) is 18.4 Å². The van der Waals surface area contributed by atoms with Crippen molar-refractivity contribution >= 4 is 35.5 Å². The number of methoxy groups -OCH3 is 1. The summed E-state index contributed by atoms with van der Waals surface area (Å²) in [5, 5.41) is 9.29. The molecule has 13 heteroatoms. The van der Waals surface area contributed by atoms with Crippen LogP contribution in [-0.4, -0.2) is 73.4 Å². The van der Waals surface area contributed by atoms with Crippen molar-refractivity contribution in [3.63, 3.8) is 0 Å². The normalized spacial score (nSPS) is 10.4. The van der Waals surface area contributed by atoms with Crippen molar-refractivity contribution in [1.82, 2.24) is 14.7 Å². The number of ether oxygens (including phenoxy) is 3. The topological polar surface area (TPSA) is 101 Å². The number of benzene rings is 2. The van der Waals surface area contributed by atoms with Crippen molar-refractivity contribution in [2.45, 2.75) is 18.7 Å². The molecule has 0 bridgehead atoms. The fraction of sp³-hybridized carbons (Fsp3) is 0.391. The molecule has 36 heavy (non-hydrogen) atoms. The SMILES string of the molecule is CC.COCCOC(=O)N(C)CCN(CC(=O)NO)Sc1cc(F)c(Oc2ccc(Cl)cc2)c(F)c1. The summed E-state index contributed by atoms with van der Waals surface area (Å²) >= 11 is 6.66. The van der Waals surface area contributed by atoms with E-state index in [-0.39, 0.29) is 43.5 Å². The van der Waals surface area contributed by atoms with Crippen LogP contribution in [-0.2, 0) is 14.3 Å². The van der Waals surface area contributed by atoms with Crippen LogP contribution in [0.25, 0.3) is 0 Å². The third-order valence-electron chi connectivity index (χ3n) is 4.19. The highest BCUT2D eigenvalue weighted by atomic mass is 35.5. The lowest BCUT2D eigenvalue weighted by atomic mass is 10.3. The Kier molecular flexibility index (Phi) is 14.8. The minimum absolute atomic E-state index is 0.0774. The minimum atomic E-state index is -0.956. The third kappa shape index (κ3) is 11.0. The zero-order chi connectivity index (χ0) is 27.1. The monoisotopic (exact) mass is 549 g/mol. The molecule has 0 atom stereocenters. The molecule has 0 aliphatic rings. The standard InChI is InChI=1S/C21H24ClF2N3O6S.C2H6/c1-26(21(29)32-10-9-31-2)7-8-27(13-19(28)25-30)34-16-11-17(23)20(18(24)12-16)33-15-5-3-14(22)4-6-15;1-2/h3-6,11-12,30H,7-10,13H2,1-2H3,(H,25,28);1-2H3. The number of carbonyl (C=O) groups is 2. The predicted molar refractivity (Wildman–Crippen MR) is 132 cm³/mol.